The lowest BCUT2D eigenvalue weighted by atomic mass is 10.2. The van der Waals surface area contributed by atoms with Crippen LogP contribution in [0.5, 0.6) is 0 Å². The number of rotatable bonds is 9. The quantitative estimate of drug-likeness (QED) is 0.476. The van der Waals surface area contributed by atoms with Crippen molar-refractivity contribution in [1.82, 2.24) is 15.8 Å². The highest BCUT2D eigenvalue weighted by atomic mass is 32.1. The summed E-state index contributed by atoms with van der Waals surface area (Å²) >= 11 is 1.41. The molecule has 2 N–H and O–H groups in total. The molecule has 0 atom stereocenters. The van der Waals surface area contributed by atoms with Crippen molar-refractivity contribution in [2.45, 2.75) is 19.3 Å². The van der Waals surface area contributed by atoms with Gasteiger partial charge in [-0.25, -0.2) is 4.98 Å². The van der Waals surface area contributed by atoms with Gasteiger partial charge in [-0.2, -0.15) is 0 Å². The third-order valence-corrected chi connectivity index (χ3v) is 5.29. The number of thiazole rings is 1. The number of carbonyl (C=O) groups excluding carboxylic acids is 2. The Morgan fingerprint density at radius 3 is 2.72 bits per heavy atom. The molecule has 2 aromatic rings. The lowest BCUT2D eigenvalue weighted by Crippen LogP contribution is -2.41. The summed E-state index contributed by atoms with van der Waals surface area (Å²) in [6.45, 7) is 3.97. The maximum atomic E-state index is 12.1. The van der Waals surface area contributed by atoms with Gasteiger partial charge in [-0.15, -0.1) is 11.3 Å². The number of anilines is 1. The van der Waals surface area contributed by atoms with Crippen LogP contribution in [0.15, 0.2) is 35.7 Å². The van der Waals surface area contributed by atoms with Gasteiger partial charge in [-0.3, -0.25) is 20.4 Å². The van der Waals surface area contributed by atoms with Crippen LogP contribution in [0, 0.1) is 0 Å². The third kappa shape index (κ3) is 7.12. The fraction of sp³-hybridized carbons (Fsp3) is 0.450. The minimum atomic E-state index is -0.423. The smallest absolute Gasteiger partial charge is 0.289 e. The molecule has 1 aromatic carbocycles. The van der Waals surface area contributed by atoms with Crippen LogP contribution >= 0.6 is 11.3 Å². The van der Waals surface area contributed by atoms with Crippen molar-refractivity contribution >= 4 is 28.3 Å². The van der Waals surface area contributed by atoms with Gasteiger partial charge >= 0.3 is 0 Å². The van der Waals surface area contributed by atoms with E-state index in [2.05, 4.69) is 32.9 Å². The number of ether oxygens (including phenoxy) is 2. The highest BCUT2D eigenvalue weighted by Crippen LogP contribution is 2.21. The number of amides is 2. The van der Waals surface area contributed by atoms with Gasteiger partial charge in [0.05, 0.1) is 19.8 Å². The van der Waals surface area contributed by atoms with E-state index in [4.69, 9.17) is 9.47 Å². The SMILES string of the molecule is O=C(CCCOCCc1ccccc1)NNC(=O)c1csc(N2CCOCC2)n1. The molecular weight excluding hydrogens is 392 g/mol. The van der Waals surface area contributed by atoms with Crippen LogP contribution in [-0.4, -0.2) is 56.3 Å². The van der Waals surface area contributed by atoms with Gasteiger partial charge in [0.25, 0.3) is 5.91 Å². The van der Waals surface area contributed by atoms with E-state index in [1.807, 2.05) is 18.2 Å². The second-order valence-corrected chi connectivity index (χ2v) is 7.41. The number of hydrogen-bond acceptors (Lipinski definition) is 7. The fourth-order valence-corrected chi connectivity index (χ4v) is 3.65. The van der Waals surface area contributed by atoms with E-state index in [1.165, 1.54) is 16.9 Å². The molecule has 1 aromatic heterocycles. The Kier molecular flexibility index (Phi) is 8.41. The van der Waals surface area contributed by atoms with Crippen LogP contribution in [0.2, 0.25) is 0 Å². The Morgan fingerprint density at radius 1 is 1.14 bits per heavy atom. The first-order valence-corrected chi connectivity index (χ1v) is 10.6. The number of aromatic nitrogens is 1. The molecule has 156 valence electrons. The summed E-state index contributed by atoms with van der Waals surface area (Å²) < 4.78 is 10.9. The van der Waals surface area contributed by atoms with Crippen molar-refractivity contribution in [3.05, 3.63) is 47.0 Å². The topological polar surface area (TPSA) is 92.8 Å². The molecule has 0 saturated carbocycles. The maximum absolute atomic E-state index is 12.1. The second kappa shape index (κ2) is 11.5. The molecule has 0 radical (unpaired) electrons. The third-order valence-electron chi connectivity index (χ3n) is 4.39. The molecule has 0 unspecified atom stereocenters. The molecule has 1 saturated heterocycles. The Labute approximate surface area is 174 Å². The molecule has 1 fully saturated rings. The number of benzene rings is 1. The van der Waals surface area contributed by atoms with Gasteiger partial charge in [-0.1, -0.05) is 30.3 Å². The number of carbonyl (C=O) groups is 2. The van der Waals surface area contributed by atoms with Gasteiger partial charge in [0.2, 0.25) is 5.91 Å². The van der Waals surface area contributed by atoms with Crippen molar-refractivity contribution in [3.63, 3.8) is 0 Å². The van der Waals surface area contributed by atoms with Gasteiger partial charge in [0.1, 0.15) is 5.69 Å². The summed E-state index contributed by atoms with van der Waals surface area (Å²) in [7, 11) is 0. The average Bonchev–Trinajstić information content (AvgIpc) is 3.26. The summed E-state index contributed by atoms with van der Waals surface area (Å²) in [6, 6.07) is 10.1. The van der Waals surface area contributed by atoms with Crippen LogP contribution in [0.3, 0.4) is 0 Å². The van der Waals surface area contributed by atoms with E-state index in [1.54, 1.807) is 5.38 Å². The van der Waals surface area contributed by atoms with E-state index in [0.29, 0.717) is 38.5 Å². The molecule has 8 nitrogen and oxygen atoms in total. The van der Waals surface area contributed by atoms with Crippen LogP contribution in [-0.2, 0) is 20.7 Å². The van der Waals surface area contributed by atoms with Gasteiger partial charge < -0.3 is 14.4 Å². The van der Waals surface area contributed by atoms with Gasteiger partial charge in [0, 0.05) is 31.5 Å². The largest absolute Gasteiger partial charge is 0.381 e. The molecule has 0 bridgehead atoms. The first-order valence-electron chi connectivity index (χ1n) is 9.71. The van der Waals surface area contributed by atoms with Crippen LogP contribution in [0.25, 0.3) is 0 Å². The van der Waals surface area contributed by atoms with Gasteiger partial charge in [-0.05, 0) is 18.4 Å². The molecule has 2 heterocycles. The van der Waals surface area contributed by atoms with Crippen molar-refractivity contribution in [2.24, 2.45) is 0 Å². The van der Waals surface area contributed by atoms with Crippen molar-refractivity contribution in [2.75, 3.05) is 44.4 Å². The number of hydrazine groups is 1. The number of nitrogens with one attached hydrogen (secondary N) is 2. The van der Waals surface area contributed by atoms with E-state index in [-0.39, 0.29) is 12.3 Å². The van der Waals surface area contributed by atoms with Crippen LogP contribution in [0.1, 0.15) is 28.9 Å². The zero-order chi connectivity index (χ0) is 20.3. The Hall–Kier alpha value is -2.49. The Balaban J connectivity index is 1.27. The van der Waals surface area contributed by atoms with Crippen LogP contribution < -0.4 is 15.8 Å². The van der Waals surface area contributed by atoms with Crippen LogP contribution in [0.4, 0.5) is 5.13 Å². The lowest BCUT2D eigenvalue weighted by molar-refractivity contribution is -0.122. The molecule has 9 heteroatoms. The first-order chi connectivity index (χ1) is 14.2. The van der Waals surface area contributed by atoms with Crippen molar-refractivity contribution in [3.8, 4) is 0 Å². The summed E-state index contributed by atoms with van der Waals surface area (Å²) in [6.07, 6.45) is 1.72. The first kappa shape index (κ1) is 21.2. The van der Waals surface area contributed by atoms with E-state index in [9.17, 15) is 9.59 Å². The monoisotopic (exact) mass is 418 g/mol. The Bertz CT molecular complexity index is 778. The molecule has 2 amide bonds. The molecule has 29 heavy (non-hydrogen) atoms. The minimum Gasteiger partial charge on any atom is -0.381 e. The summed E-state index contributed by atoms with van der Waals surface area (Å²) in [4.78, 5) is 30.4. The summed E-state index contributed by atoms with van der Waals surface area (Å²) in [5, 5.41) is 2.48. The Morgan fingerprint density at radius 2 is 1.93 bits per heavy atom. The lowest BCUT2D eigenvalue weighted by Gasteiger charge is -2.25. The number of nitrogens with zero attached hydrogens (tertiary/aromatic N) is 2. The molecule has 0 aliphatic carbocycles. The van der Waals surface area contributed by atoms with Crippen molar-refractivity contribution < 1.29 is 19.1 Å². The van der Waals surface area contributed by atoms with E-state index < -0.39 is 5.91 Å². The summed E-state index contributed by atoms with van der Waals surface area (Å²) in [5.74, 6) is -0.679. The normalized spacial score (nSPS) is 13.9. The standard InChI is InChI=1S/C20H26N4O4S/c25-18(7-4-11-27-12-8-16-5-2-1-3-6-16)22-23-19(26)17-15-29-20(21-17)24-9-13-28-14-10-24/h1-3,5-6,15H,4,7-14H2,(H,22,25)(H,23,26). The number of morpholine rings is 1. The van der Waals surface area contributed by atoms with Gasteiger partial charge in [0.15, 0.2) is 5.13 Å². The highest BCUT2D eigenvalue weighted by molar-refractivity contribution is 7.13. The zero-order valence-electron chi connectivity index (χ0n) is 16.3. The predicted molar refractivity (Wildman–Crippen MR) is 111 cm³/mol. The minimum absolute atomic E-state index is 0.256. The zero-order valence-corrected chi connectivity index (χ0v) is 17.1. The number of hydrogen-bond donors (Lipinski definition) is 2. The molecule has 0 spiro atoms. The molecular formula is C20H26N4O4S. The predicted octanol–water partition coefficient (Wildman–Crippen LogP) is 1.78. The average molecular weight is 419 g/mol. The van der Waals surface area contributed by atoms with E-state index in [0.717, 1.165) is 24.6 Å². The molecule has 1 aliphatic heterocycles. The van der Waals surface area contributed by atoms with E-state index >= 15 is 0 Å². The maximum Gasteiger partial charge on any atom is 0.289 e. The second-order valence-electron chi connectivity index (χ2n) is 6.57. The highest BCUT2D eigenvalue weighted by Gasteiger charge is 2.17. The summed E-state index contributed by atoms with van der Waals surface area (Å²) in [5.41, 5.74) is 6.35. The van der Waals surface area contributed by atoms with Crippen molar-refractivity contribution in [1.29, 1.82) is 0 Å². The molecule has 1 aliphatic rings. The fourth-order valence-electron chi connectivity index (χ4n) is 2.79. The molecule has 3 rings (SSSR count).